The molecule has 0 saturated heterocycles. The van der Waals surface area contributed by atoms with Crippen molar-refractivity contribution in [1.82, 2.24) is 14.5 Å². The molecule has 27 heavy (non-hydrogen) atoms. The van der Waals surface area contributed by atoms with Crippen LogP contribution < -0.4 is 11.5 Å². The second-order valence-electron chi connectivity index (χ2n) is 7.44. The van der Waals surface area contributed by atoms with Crippen LogP contribution in [0.25, 0.3) is 0 Å². The average Bonchev–Trinajstić information content (AvgIpc) is 3.41. The minimum atomic E-state index is -0.638. The smallest absolute Gasteiger partial charge is 0.224 e. The Morgan fingerprint density at radius 3 is 2.78 bits per heavy atom. The largest absolute Gasteiger partial charge is 0.384 e. The Balaban J connectivity index is 1.38. The van der Waals surface area contributed by atoms with Crippen LogP contribution in [-0.2, 0) is 24.3 Å². The molecule has 1 amide bonds. The number of carbonyl (C=O) groups is 1. The lowest BCUT2D eigenvalue weighted by atomic mass is 10.0. The number of aromatic nitrogens is 2. The number of anilines is 1. The van der Waals surface area contributed by atoms with E-state index >= 15 is 0 Å². The Morgan fingerprint density at radius 2 is 2.07 bits per heavy atom. The van der Waals surface area contributed by atoms with Gasteiger partial charge >= 0.3 is 0 Å². The van der Waals surface area contributed by atoms with Crippen LogP contribution in [-0.4, -0.2) is 32.9 Å². The third kappa shape index (κ3) is 3.66. The van der Waals surface area contributed by atoms with Gasteiger partial charge in [-0.1, -0.05) is 6.07 Å². The number of imidazole rings is 1. The average molecular weight is 375 g/mol. The Hall–Kier alpha value is -2.48. The monoisotopic (exact) mass is 375 g/mol. The van der Waals surface area contributed by atoms with Crippen LogP contribution in [0.2, 0.25) is 0 Å². The number of hydrogen-bond acceptors (Lipinski definition) is 4. The fraction of sp³-hybridized carbons (Fsp3) is 0.474. The summed E-state index contributed by atoms with van der Waals surface area (Å²) in [5.74, 6) is 0.642. The highest BCUT2D eigenvalue weighted by molar-refractivity contribution is 5.77. The Labute approximate surface area is 156 Å². The Bertz CT molecular complexity index is 877. The van der Waals surface area contributed by atoms with E-state index in [4.69, 9.17) is 11.5 Å². The summed E-state index contributed by atoms with van der Waals surface area (Å²) in [5, 5.41) is 0. The summed E-state index contributed by atoms with van der Waals surface area (Å²) in [6.45, 7) is 1.58. The number of rotatable bonds is 5. The van der Waals surface area contributed by atoms with Crippen molar-refractivity contribution in [2.45, 2.75) is 50.7 Å². The molecule has 1 aliphatic carbocycles. The van der Waals surface area contributed by atoms with Gasteiger partial charge in [0.05, 0.1) is 12.2 Å². The summed E-state index contributed by atoms with van der Waals surface area (Å²) < 4.78 is 28.8. The van der Waals surface area contributed by atoms with E-state index in [0.717, 1.165) is 36.2 Å². The molecule has 1 atom stereocenters. The van der Waals surface area contributed by atoms with Crippen molar-refractivity contribution in [3.63, 3.8) is 0 Å². The van der Waals surface area contributed by atoms with Crippen molar-refractivity contribution >= 4 is 11.7 Å². The van der Waals surface area contributed by atoms with E-state index in [1.54, 1.807) is 4.90 Å². The molecular weight excluding hydrogens is 352 g/mol. The van der Waals surface area contributed by atoms with E-state index in [1.807, 2.05) is 4.57 Å². The van der Waals surface area contributed by atoms with E-state index < -0.39 is 17.7 Å². The molecule has 4 rings (SSSR count). The second-order valence-corrected chi connectivity index (χ2v) is 7.44. The molecule has 0 unspecified atom stereocenters. The highest BCUT2D eigenvalue weighted by atomic mass is 19.1. The number of halogens is 2. The number of carbonyl (C=O) groups excluding carboxylic acids is 1. The maximum Gasteiger partial charge on any atom is 0.224 e. The molecule has 0 spiro atoms. The highest BCUT2D eigenvalue weighted by Crippen LogP contribution is 2.42. The molecule has 1 saturated carbocycles. The van der Waals surface area contributed by atoms with E-state index in [1.165, 1.54) is 12.1 Å². The summed E-state index contributed by atoms with van der Waals surface area (Å²) in [6.07, 6.45) is 2.53. The van der Waals surface area contributed by atoms with E-state index in [9.17, 15) is 13.6 Å². The first-order valence-corrected chi connectivity index (χ1v) is 9.24. The number of nitrogens with two attached hydrogens (primary N) is 2. The van der Waals surface area contributed by atoms with Gasteiger partial charge in [0, 0.05) is 37.5 Å². The van der Waals surface area contributed by atoms with Crippen molar-refractivity contribution in [1.29, 1.82) is 0 Å². The summed E-state index contributed by atoms with van der Waals surface area (Å²) in [4.78, 5) is 19.0. The van der Waals surface area contributed by atoms with Crippen LogP contribution in [0.15, 0.2) is 18.2 Å². The van der Waals surface area contributed by atoms with E-state index in [2.05, 4.69) is 4.98 Å². The molecule has 4 N–H and O–H groups in total. The predicted molar refractivity (Wildman–Crippen MR) is 96.7 cm³/mol. The third-order valence-electron chi connectivity index (χ3n) is 5.29. The third-order valence-corrected chi connectivity index (χ3v) is 5.29. The Kier molecular flexibility index (Phi) is 4.59. The first-order valence-electron chi connectivity index (χ1n) is 9.24. The van der Waals surface area contributed by atoms with Gasteiger partial charge in [0.15, 0.2) is 0 Å². The number of nitrogens with zero attached hydrogens (tertiary/aromatic N) is 3. The van der Waals surface area contributed by atoms with Crippen LogP contribution in [0.1, 0.15) is 42.3 Å². The molecule has 1 aliphatic heterocycles. The lowest BCUT2D eigenvalue weighted by Gasteiger charge is -2.29. The highest BCUT2D eigenvalue weighted by Gasteiger charge is 2.33. The summed E-state index contributed by atoms with van der Waals surface area (Å²) in [5.41, 5.74) is 13.5. The Morgan fingerprint density at radius 1 is 1.30 bits per heavy atom. The molecule has 2 aromatic rings. The molecule has 1 fully saturated rings. The number of fused-ring (bicyclic) bond motifs is 1. The van der Waals surface area contributed by atoms with Gasteiger partial charge < -0.3 is 20.9 Å². The maximum absolute atomic E-state index is 13.8. The zero-order valence-electron chi connectivity index (χ0n) is 15.0. The van der Waals surface area contributed by atoms with Crippen LogP contribution >= 0.6 is 0 Å². The number of hydrogen-bond donors (Lipinski definition) is 2. The standard InChI is InChI=1S/C19H23F2N5O/c20-13-4-3-12(15(21)8-13)7-14(22)9-17(27)25-5-6-26-16(10-25)24-18(19(26)23)11-1-2-11/h3-4,8,11,14H,1-2,5-7,9-10,22-23H2/t14-/m1/s1. The molecule has 2 aliphatic rings. The molecule has 1 aromatic heterocycles. The van der Waals surface area contributed by atoms with Crippen molar-refractivity contribution < 1.29 is 13.6 Å². The molecule has 8 heteroatoms. The van der Waals surface area contributed by atoms with Gasteiger partial charge in [0.2, 0.25) is 5.91 Å². The van der Waals surface area contributed by atoms with Gasteiger partial charge in [-0.25, -0.2) is 13.8 Å². The van der Waals surface area contributed by atoms with Gasteiger partial charge in [-0.05, 0) is 30.9 Å². The fourth-order valence-electron chi connectivity index (χ4n) is 3.64. The normalized spacial score (nSPS) is 17.7. The van der Waals surface area contributed by atoms with Gasteiger partial charge in [-0.3, -0.25) is 4.79 Å². The van der Waals surface area contributed by atoms with Crippen LogP contribution in [0, 0.1) is 11.6 Å². The van der Waals surface area contributed by atoms with Crippen molar-refractivity contribution in [2.75, 3.05) is 12.3 Å². The molecule has 1 aromatic carbocycles. The first kappa shape index (κ1) is 17.9. The second kappa shape index (κ2) is 6.92. The lowest BCUT2D eigenvalue weighted by molar-refractivity contribution is -0.133. The molecule has 0 bridgehead atoms. The molecule has 6 nitrogen and oxygen atoms in total. The molecular formula is C19H23F2N5O. The van der Waals surface area contributed by atoms with Crippen LogP contribution in [0.4, 0.5) is 14.6 Å². The van der Waals surface area contributed by atoms with Gasteiger partial charge in [0.1, 0.15) is 23.3 Å². The quantitative estimate of drug-likeness (QED) is 0.835. The zero-order valence-corrected chi connectivity index (χ0v) is 15.0. The zero-order chi connectivity index (χ0) is 19.1. The number of amides is 1. The van der Waals surface area contributed by atoms with E-state index in [-0.39, 0.29) is 18.7 Å². The maximum atomic E-state index is 13.8. The lowest BCUT2D eigenvalue weighted by Crippen LogP contribution is -2.41. The first-order chi connectivity index (χ1) is 12.9. The topological polar surface area (TPSA) is 90.2 Å². The molecule has 0 radical (unpaired) electrons. The summed E-state index contributed by atoms with van der Waals surface area (Å²) in [7, 11) is 0. The predicted octanol–water partition coefficient (Wildman–Crippen LogP) is 1.92. The van der Waals surface area contributed by atoms with Gasteiger partial charge in [-0.2, -0.15) is 0 Å². The van der Waals surface area contributed by atoms with Gasteiger partial charge in [-0.15, -0.1) is 0 Å². The molecule has 2 heterocycles. The summed E-state index contributed by atoms with van der Waals surface area (Å²) >= 11 is 0. The minimum absolute atomic E-state index is 0.0918. The van der Waals surface area contributed by atoms with Gasteiger partial charge in [0.25, 0.3) is 0 Å². The summed E-state index contributed by atoms with van der Waals surface area (Å²) in [6, 6.07) is 2.86. The molecule has 144 valence electrons. The number of nitrogen functional groups attached to an aromatic ring is 1. The minimum Gasteiger partial charge on any atom is -0.384 e. The van der Waals surface area contributed by atoms with E-state index in [0.29, 0.717) is 31.1 Å². The number of benzene rings is 1. The van der Waals surface area contributed by atoms with Crippen LogP contribution in [0.5, 0.6) is 0 Å². The van der Waals surface area contributed by atoms with Crippen molar-refractivity contribution in [2.24, 2.45) is 5.73 Å². The fourth-order valence-corrected chi connectivity index (χ4v) is 3.64. The van der Waals surface area contributed by atoms with Crippen LogP contribution in [0.3, 0.4) is 0 Å². The SMILES string of the molecule is Nc1c(C2CC2)nc2n1CCN(C(=O)C[C@H](N)Cc1ccc(F)cc1F)C2. The van der Waals surface area contributed by atoms with Crippen molar-refractivity contribution in [3.8, 4) is 0 Å². The van der Waals surface area contributed by atoms with Crippen molar-refractivity contribution in [3.05, 3.63) is 46.9 Å².